The molecule has 0 bridgehead atoms. The number of aromatic nitrogens is 2. The Balaban J connectivity index is 2.95. The van der Waals surface area contributed by atoms with Crippen LogP contribution in [0.3, 0.4) is 0 Å². The fourth-order valence-corrected chi connectivity index (χ4v) is 0.928. The molecule has 2 heteroatoms. The quantitative estimate of drug-likeness (QED) is 0.536. The van der Waals surface area contributed by atoms with Crippen LogP contribution in [0.4, 0.5) is 0 Å². The average molecular weight is 119 g/mol. The molecular formula is C7H7N2+. The van der Waals surface area contributed by atoms with Crippen molar-refractivity contribution < 1.29 is 5.10 Å². The molecule has 0 fully saturated rings. The Morgan fingerprint density at radius 1 is 1.22 bits per heavy atom. The molecular weight excluding hydrogens is 112 g/mol. The second-order valence-corrected chi connectivity index (χ2v) is 2.00. The predicted molar refractivity (Wildman–Crippen MR) is 34.9 cm³/mol. The number of fused-ring (bicyclic) bond motifs is 1. The highest BCUT2D eigenvalue weighted by Gasteiger charge is 1.93. The van der Waals surface area contributed by atoms with Crippen molar-refractivity contribution in [3.63, 3.8) is 0 Å². The molecule has 1 aromatic heterocycles. The lowest BCUT2D eigenvalue weighted by Crippen LogP contribution is -1.96. The zero-order chi connectivity index (χ0) is 6.10. The summed E-state index contributed by atoms with van der Waals surface area (Å²) in [6, 6.07) is 8.12. The van der Waals surface area contributed by atoms with Gasteiger partial charge in [-0.1, -0.05) is 12.1 Å². The number of rotatable bonds is 0. The van der Waals surface area contributed by atoms with Gasteiger partial charge in [0.05, 0.1) is 5.39 Å². The van der Waals surface area contributed by atoms with Crippen LogP contribution < -0.4 is 5.10 Å². The number of H-pyrrole nitrogens is 2. The summed E-state index contributed by atoms with van der Waals surface area (Å²) in [5, 5.41) is 7.13. The van der Waals surface area contributed by atoms with E-state index in [1.165, 1.54) is 5.39 Å². The van der Waals surface area contributed by atoms with Gasteiger partial charge < -0.3 is 0 Å². The van der Waals surface area contributed by atoms with Gasteiger partial charge in [-0.3, -0.25) is 0 Å². The maximum Gasteiger partial charge on any atom is 0.200 e. The van der Waals surface area contributed by atoms with Gasteiger partial charge in [-0.2, -0.15) is 5.10 Å². The molecule has 9 heavy (non-hydrogen) atoms. The number of hydrogen-bond acceptors (Lipinski definition) is 0. The first-order valence-electron chi connectivity index (χ1n) is 2.90. The zero-order valence-corrected chi connectivity index (χ0v) is 4.89. The van der Waals surface area contributed by atoms with Gasteiger partial charge in [-0.25, -0.2) is 0 Å². The highest BCUT2D eigenvalue weighted by molar-refractivity contribution is 5.76. The summed E-state index contributed by atoms with van der Waals surface area (Å²) >= 11 is 0. The van der Waals surface area contributed by atoms with Crippen molar-refractivity contribution in [1.29, 1.82) is 0 Å². The first kappa shape index (κ1) is 4.56. The van der Waals surface area contributed by atoms with Crippen LogP contribution in [0.2, 0.25) is 0 Å². The lowest BCUT2D eigenvalue weighted by Gasteiger charge is -1.78. The van der Waals surface area contributed by atoms with E-state index in [1.807, 2.05) is 24.4 Å². The Morgan fingerprint density at radius 3 is 3.00 bits per heavy atom. The van der Waals surface area contributed by atoms with Crippen LogP contribution in [-0.4, -0.2) is 5.10 Å². The molecule has 1 aromatic carbocycles. The molecule has 0 atom stereocenters. The van der Waals surface area contributed by atoms with Crippen molar-refractivity contribution in [3.8, 4) is 0 Å². The predicted octanol–water partition coefficient (Wildman–Crippen LogP) is 0.982. The maximum absolute atomic E-state index is 2.99. The second-order valence-electron chi connectivity index (χ2n) is 2.00. The third-order valence-corrected chi connectivity index (χ3v) is 1.40. The van der Waals surface area contributed by atoms with E-state index in [0.717, 1.165) is 5.52 Å². The van der Waals surface area contributed by atoms with Gasteiger partial charge in [0.25, 0.3) is 0 Å². The van der Waals surface area contributed by atoms with Crippen LogP contribution in [0, 0.1) is 0 Å². The number of aromatic amines is 2. The number of nitrogens with one attached hydrogen (secondary N) is 2. The molecule has 2 nitrogen and oxygen atoms in total. The van der Waals surface area contributed by atoms with Crippen molar-refractivity contribution >= 4 is 10.9 Å². The first-order valence-corrected chi connectivity index (χ1v) is 2.90. The van der Waals surface area contributed by atoms with Crippen molar-refractivity contribution in [2.75, 3.05) is 0 Å². The van der Waals surface area contributed by atoms with Crippen LogP contribution in [0.5, 0.6) is 0 Å². The summed E-state index contributed by atoms with van der Waals surface area (Å²) in [4.78, 5) is 0. The van der Waals surface area contributed by atoms with Crippen LogP contribution in [0.25, 0.3) is 10.9 Å². The molecule has 1 heterocycles. The normalized spacial score (nSPS) is 10.2. The molecule has 0 saturated heterocycles. The Bertz CT molecular complexity index is 281. The monoisotopic (exact) mass is 119 g/mol. The molecule has 0 saturated carbocycles. The molecule has 0 unspecified atom stereocenters. The molecule has 0 aliphatic rings. The molecule has 0 aliphatic carbocycles. The highest BCUT2D eigenvalue weighted by atomic mass is 15.1. The third kappa shape index (κ3) is 0.598. The standard InChI is InChI=1S/C7H6N2/c1-2-4-7-6(3-1)5-8-9-7/h1-5H,(H,8,9)/p+1. The molecule has 2 N–H and O–H groups in total. The number of para-hydroxylation sites is 1. The highest BCUT2D eigenvalue weighted by Crippen LogP contribution is 2.05. The van der Waals surface area contributed by atoms with Crippen molar-refractivity contribution in [2.24, 2.45) is 0 Å². The smallest absolute Gasteiger partial charge is 0.167 e. The minimum Gasteiger partial charge on any atom is -0.167 e. The van der Waals surface area contributed by atoms with E-state index in [0.29, 0.717) is 0 Å². The van der Waals surface area contributed by atoms with Crippen LogP contribution in [-0.2, 0) is 0 Å². The van der Waals surface area contributed by atoms with Gasteiger partial charge in [-0.05, 0) is 12.1 Å². The average Bonchev–Trinajstić information content (AvgIpc) is 2.33. The van der Waals surface area contributed by atoms with Crippen LogP contribution >= 0.6 is 0 Å². The minimum absolute atomic E-state index is 1.15. The summed E-state index contributed by atoms with van der Waals surface area (Å²) in [6.45, 7) is 0. The molecule has 2 rings (SSSR count). The van der Waals surface area contributed by atoms with Crippen molar-refractivity contribution in [2.45, 2.75) is 0 Å². The zero-order valence-electron chi connectivity index (χ0n) is 4.89. The van der Waals surface area contributed by atoms with E-state index in [2.05, 4.69) is 16.3 Å². The van der Waals surface area contributed by atoms with E-state index < -0.39 is 0 Å². The fourth-order valence-electron chi connectivity index (χ4n) is 0.928. The molecule has 0 radical (unpaired) electrons. The van der Waals surface area contributed by atoms with E-state index in [-0.39, 0.29) is 0 Å². The molecule has 0 amide bonds. The summed E-state index contributed by atoms with van der Waals surface area (Å²) in [5.74, 6) is 0. The third-order valence-electron chi connectivity index (χ3n) is 1.40. The van der Waals surface area contributed by atoms with Gasteiger partial charge >= 0.3 is 0 Å². The SMILES string of the molecule is c1ccc2[nH][nH+]cc2c1. The Morgan fingerprint density at radius 2 is 2.11 bits per heavy atom. The summed E-state index contributed by atoms with van der Waals surface area (Å²) in [7, 11) is 0. The van der Waals surface area contributed by atoms with Crippen molar-refractivity contribution in [1.82, 2.24) is 5.10 Å². The van der Waals surface area contributed by atoms with E-state index >= 15 is 0 Å². The van der Waals surface area contributed by atoms with Gasteiger partial charge in [0.1, 0.15) is 5.52 Å². The Kier molecular flexibility index (Phi) is 0.803. The van der Waals surface area contributed by atoms with Gasteiger partial charge in [0, 0.05) is 0 Å². The number of hydrogen-bond donors (Lipinski definition) is 1. The maximum atomic E-state index is 2.99. The second kappa shape index (κ2) is 1.58. The summed E-state index contributed by atoms with van der Waals surface area (Å²) in [5.41, 5.74) is 1.15. The van der Waals surface area contributed by atoms with Crippen LogP contribution in [0.1, 0.15) is 0 Å². The Hall–Kier alpha value is -1.31. The van der Waals surface area contributed by atoms with Gasteiger partial charge in [-0.15, -0.1) is 5.10 Å². The fraction of sp³-hybridized carbons (Fsp3) is 0. The molecule has 2 aromatic rings. The summed E-state index contributed by atoms with van der Waals surface area (Å²) < 4.78 is 0. The molecule has 0 aliphatic heterocycles. The lowest BCUT2D eigenvalue weighted by molar-refractivity contribution is -0.446. The molecule has 0 spiro atoms. The lowest BCUT2D eigenvalue weighted by atomic mass is 10.3. The van der Waals surface area contributed by atoms with E-state index in [9.17, 15) is 0 Å². The first-order chi connectivity index (χ1) is 4.47. The topological polar surface area (TPSA) is 29.9 Å². The summed E-state index contributed by atoms with van der Waals surface area (Å²) in [6.07, 6.45) is 1.94. The Labute approximate surface area is 52.5 Å². The molecule has 44 valence electrons. The van der Waals surface area contributed by atoms with Gasteiger partial charge in [0.15, 0.2) is 0 Å². The largest absolute Gasteiger partial charge is 0.200 e. The number of benzene rings is 1. The minimum atomic E-state index is 1.15. The van der Waals surface area contributed by atoms with E-state index in [4.69, 9.17) is 0 Å². The van der Waals surface area contributed by atoms with Crippen molar-refractivity contribution in [3.05, 3.63) is 30.5 Å². The van der Waals surface area contributed by atoms with E-state index in [1.54, 1.807) is 0 Å². The van der Waals surface area contributed by atoms with Gasteiger partial charge in [0.2, 0.25) is 6.20 Å². The van der Waals surface area contributed by atoms with Crippen LogP contribution in [0.15, 0.2) is 30.5 Å².